The highest BCUT2D eigenvalue weighted by atomic mass is 35.5. The van der Waals surface area contributed by atoms with Crippen LogP contribution in [0.25, 0.3) is 6.08 Å². The Morgan fingerprint density at radius 3 is 2.58 bits per heavy atom. The van der Waals surface area contributed by atoms with Crippen molar-refractivity contribution in [3.8, 4) is 11.8 Å². The molecule has 3 aromatic carbocycles. The van der Waals surface area contributed by atoms with Gasteiger partial charge in [-0.2, -0.15) is 5.26 Å². The molecule has 180 valence electrons. The van der Waals surface area contributed by atoms with Crippen molar-refractivity contribution in [3.63, 3.8) is 0 Å². The van der Waals surface area contributed by atoms with E-state index < -0.39 is 5.97 Å². The number of carbonyl (C=O) groups is 2. The van der Waals surface area contributed by atoms with Gasteiger partial charge in [0.25, 0.3) is 5.91 Å². The number of thioether (sulfide) groups is 1. The molecule has 0 atom stereocenters. The molecule has 1 N–H and O–H groups in total. The number of carboxylic acids is 1. The summed E-state index contributed by atoms with van der Waals surface area (Å²) < 4.78 is 5.79. The second kappa shape index (κ2) is 10.9. The predicted octanol–water partition coefficient (Wildman–Crippen LogP) is 6.38. The highest BCUT2D eigenvalue weighted by Crippen LogP contribution is 2.38. The molecule has 1 heterocycles. The van der Waals surface area contributed by atoms with Crippen LogP contribution in [0.1, 0.15) is 27.0 Å². The fraction of sp³-hybridized carbons (Fsp3) is 0.0769. The van der Waals surface area contributed by atoms with Crippen LogP contribution in [-0.4, -0.2) is 34.1 Å². The van der Waals surface area contributed by atoms with Crippen LogP contribution in [0.3, 0.4) is 0 Å². The smallest absolute Gasteiger partial charge is 0.335 e. The number of carboxylic acid groups (broad SMARTS) is 1. The van der Waals surface area contributed by atoms with E-state index in [0.717, 1.165) is 11.8 Å². The van der Waals surface area contributed by atoms with E-state index in [1.807, 2.05) is 6.07 Å². The van der Waals surface area contributed by atoms with Gasteiger partial charge in [-0.05, 0) is 59.8 Å². The first-order valence-electron chi connectivity index (χ1n) is 10.5. The maximum Gasteiger partial charge on any atom is 0.335 e. The molecule has 0 bridgehead atoms. The summed E-state index contributed by atoms with van der Waals surface area (Å²) in [7, 11) is 1.59. The van der Waals surface area contributed by atoms with E-state index in [2.05, 4.69) is 11.1 Å². The first-order valence-corrected chi connectivity index (χ1v) is 12.0. The zero-order valence-electron chi connectivity index (χ0n) is 18.7. The molecule has 1 aliphatic heterocycles. The highest BCUT2D eigenvalue weighted by molar-refractivity contribution is 8.18. The molecule has 1 amide bonds. The minimum Gasteiger partial charge on any atom is -0.486 e. The van der Waals surface area contributed by atoms with Crippen LogP contribution < -0.4 is 4.74 Å². The van der Waals surface area contributed by atoms with Crippen molar-refractivity contribution in [2.24, 2.45) is 4.99 Å². The number of amides is 1. The van der Waals surface area contributed by atoms with E-state index in [4.69, 9.17) is 27.9 Å². The number of carbonyl (C=O) groups excluding carboxylic acids is 1. The Morgan fingerprint density at radius 2 is 1.89 bits per heavy atom. The second-order valence-electron chi connectivity index (χ2n) is 7.60. The van der Waals surface area contributed by atoms with Gasteiger partial charge >= 0.3 is 5.97 Å². The number of aromatic carboxylic acids is 1. The molecule has 1 saturated heterocycles. The third kappa shape index (κ3) is 5.55. The quantitative estimate of drug-likeness (QED) is 0.366. The summed E-state index contributed by atoms with van der Waals surface area (Å²) >= 11 is 14.0. The lowest BCUT2D eigenvalue weighted by Crippen LogP contribution is -2.23. The van der Waals surface area contributed by atoms with Crippen LogP contribution in [0.4, 0.5) is 5.69 Å². The number of rotatable bonds is 6. The van der Waals surface area contributed by atoms with Crippen molar-refractivity contribution in [1.82, 2.24) is 4.90 Å². The lowest BCUT2D eigenvalue weighted by Gasteiger charge is -2.12. The van der Waals surface area contributed by atoms with Crippen LogP contribution in [0.5, 0.6) is 5.75 Å². The van der Waals surface area contributed by atoms with Crippen molar-refractivity contribution < 1.29 is 19.4 Å². The van der Waals surface area contributed by atoms with E-state index in [-0.39, 0.29) is 33.9 Å². The molecular weight excluding hydrogens is 521 g/mol. The van der Waals surface area contributed by atoms with Gasteiger partial charge in [-0.3, -0.25) is 9.69 Å². The number of aliphatic imine (C=N–C) groups is 1. The van der Waals surface area contributed by atoms with Gasteiger partial charge in [-0.1, -0.05) is 47.5 Å². The fourth-order valence-corrected chi connectivity index (χ4v) is 4.93. The predicted molar refractivity (Wildman–Crippen MR) is 141 cm³/mol. The molecule has 3 aromatic rings. The Bertz CT molecular complexity index is 1460. The van der Waals surface area contributed by atoms with E-state index in [9.17, 15) is 20.0 Å². The summed E-state index contributed by atoms with van der Waals surface area (Å²) in [4.78, 5) is 30.2. The van der Waals surface area contributed by atoms with Gasteiger partial charge in [0, 0.05) is 12.6 Å². The van der Waals surface area contributed by atoms with Gasteiger partial charge in [0.05, 0.1) is 37.8 Å². The Hall–Kier alpha value is -3.77. The maximum absolute atomic E-state index is 12.8. The summed E-state index contributed by atoms with van der Waals surface area (Å²) in [6.07, 6.45) is 1.65. The largest absolute Gasteiger partial charge is 0.486 e. The van der Waals surface area contributed by atoms with Crippen molar-refractivity contribution in [2.75, 3.05) is 7.05 Å². The van der Waals surface area contributed by atoms with Gasteiger partial charge < -0.3 is 9.84 Å². The van der Waals surface area contributed by atoms with Gasteiger partial charge in [-0.15, -0.1) is 0 Å². The molecule has 0 saturated carbocycles. The van der Waals surface area contributed by atoms with E-state index >= 15 is 0 Å². The lowest BCUT2D eigenvalue weighted by atomic mass is 10.1. The number of nitriles is 1. The number of likely N-dealkylation sites (N-methyl/N-ethyl adjacent to an activating group) is 1. The minimum atomic E-state index is -1.06. The van der Waals surface area contributed by atoms with Crippen molar-refractivity contribution in [3.05, 3.63) is 97.9 Å². The summed E-state index contributed by atoms with van der Waals surface area (Å²) in [6.45, 7) is 0.117. The Morgan fingerprint density at radius 1 is 1.17 bits per heavy atom. The number of halogens is 2. The number of nitrogens with zero attached hydrogens (tertiary/aromatic N) is 3. The standard InChI is InChI=1S/C26H17Cl2N3O4S/c1-31-24(32)22(36-26(31)30-19-8-4-7-16(12-19)25(33)34)11-15-9-20(27)23(21(28)10-15)35-14-18-6-3-2-5-17(18)13-29/h2-12H,14H2,1H3,(H,33,34)/b22-11-,30-26?. The highest BCUT2D eigenvalue weighted by Gasteiger charge is 2.30. The molecule has 0 radical (unpaired) electrons. The first-order chi connectivity index (χ1) is 17.3. The van der Waals surface area contributed by atoms with E-state index in [1.54, 1.807) is 55.6 Å². The average Bonchev–Trinajstić information content (AvgIpc) is 3.11. The summed E-state index contributed by atoms with van der Waals surface area (Å²) in [5.74, 6) is -1.05. The SMILES string of the molecule is CN1C(=O)/C(=C/c2cc(Cl)c(OCc3ccccc3C#N)c(Cl)c2)SC1=Nc1cccc(C(=O)O)c1. The van der Waals surface area contributed by atoms with Crippen LogP contribution >= 0.6 is 35.0 Å². The van der Waals surface area contributed by atoms with Gasteiger partial charge in [0.1, 0.15) is 6.61 Å². The van der Waals surface area contributed by atoms with Gasteiger partial charge in [-0.25, -0.2) is 9.79 Å². The number of ether oxygens (including phenoxy) is 1. The molecule has 0 aliphatic carbocycles. The average molecular weight is 538 g/mol. The normalized spacial score (nSPS) is 15.4. The molecule has 1 fully saturated rings. The summed E-state index contributed by atoms with van der Waals surface area (Å²) in [6, 6.07) is 18.6. The third-order valence-electron chi connectivity index (χ3n) is 5.15. The molecule has 1 aliphatic rings. The number of benzene rings is 3. The second-order valence-corrected chi connectivity index (χ2v) is 9.42. The van der Waals surface area contributed by atoms with Crippen LogP contribution in [-0.2, 0) is 11.4 Å². The zero-order valence-corrected chi connectivity index (χ0v) is 21.1. The molecule has 7 nitrogen and oxygen atoms in total. The molecule has 4 rings (SSSR count). The summed E-state index contributed by atoms with van der Waals surface area (Å²) in [5, 5.41) is 19.3. The van der Waals surface area contributed by atoms with Crippen LogP contribution in [0.15, 0.2) is 70.6 Å². The van der Waals surface area contributed by atoms with Crippen molar-refractivity contribution >= 4 is 63.8 Å². The van der Waals surface area contributed by atoms with Gasteiger partial charge in [0.15, 0.2) is 10.9 Å². The molecule has 0 spiro atoms. The van der Waals surface area contributed by atoms with E-state index in [1.165, 1.54) is 17.0 Å². The lowest BCUT2D eigenvalue weighted by molar-refractivity contribution is -0.121. The van der Waals surface area contributed by atoms with Crippen LogP contribution in [0.2, 0.25) is 10.0 Å². The molecule has 0 unspecified atom stereocenters. The molecule has 10 heteroatoms. The number of amidine groups is 1. The Balaban J connectivity index is 1.55. The monoisotopic (exact) mass is 537 g/mol. The third-order valence-corrected chi connectivity index (χ3v) is 6.77. The Labute approximate surface area is 221 Å². The van der Waals surface area contributed by atoms with Crippen molar-refractivity contribution in [2.45, 2.75) is 6.61 Å². The maximum atomic E-state index is 12.8. The molecule has 36 heavy (non-hydrogen) atoms. The number of hydrogen-bond acceptors (Lipinski definition) is 6. The first kappa shape index (κ1) is 25.3. The van der Waals surface area contributed by atoms with Crippen molar-refractivity contribution in [1.29, 1.82) is 5.26 Å². The minimum absolute atomic E-state index is 0.104. The fourth-order valence-electron chi connectivity index (χ4n) is 3.33. The summed E-state index contributed by atoms with van der Waals surface area (Å²) in [5.41, 5.74) is 2.32. The zero-order chi connectivity index (χ0) is 25.8. The Kier molecular flexibility index (Phi) is 7.65. The topological polar surface area (TPSA) is 103 Å². The van der Waals surface area contributed by atoms with Crippen LogP contribution in [0, 0.1) is 11.3 Å². The number of hydrogen-bond donors (Lipinski definition) is 1. The molecule has 0 aromatic heterocycles. The molecular formula is C26H17Cl2N3O4S. The van der Waals surface area contributed by atoms with Gasteiger partial charge in [0.2, 0.25) is 0 Å². The van der Waals surface area contributed by atoms with E-state index in [0.29, 0.717) is 32.5 Å².